The largest absolute Gasteiger partial charge is 0.371 e. The third-order valence-electron chi connectivity index (χ3n) is 4.00. The van der Waals surface area contributed by atoms with Gasteiger partial charge in [-0.25, -0.2) is 0 Å². The summed E-state index contributed by atoms with van der Waals surface area (Å²) in [5.74, 6) is 0. The van der Waals surface area contributed by atoms with Crippen LogP contribution in [0.4, 0.5) is 11.4 Å². The fraction of sp³-hybridized carbons (Fsp3) is 0.571. The molecule has 92 valence electrons. The van der Waals surface area contributed by atoms with Crippen molar-refractivity contribution < 1.29 is 0 Å². The highest BCUT2D eigenvalue weighted by atomic mass is 15.3. The molecule has 3 heteroatoms. The van der Waals surface area contributed by atoms with Crippen molar-refractivity contribution >= 4 is 11.4 Å². The number of anilines is 2. The molecule has 0 radical (unpaired) electrons. The lowest BCUT2D eigenvalue weighted by Crippen LogP contribution is -2.58. The lowest BCUT2D eigenvalue weighted by molar-refractivity contribution is 0.465. The Bertz CT molecular complexity index is 416. The molecule has 2 aliphatic rings. The molecule has 0 bridgehead atoms. The summed E-state index contributed by atoms with van der Waals surface area (Å²) in [5.41, 5.74) is 4.27. The van der Waals surface area contributed by atoms with Crippen molar-refractivity contribution in [1.82, 2.24) is 5.32 Å². The van der Waals surface area contributed by atoms with Gasteiger partial charge < -0.3 is 15.1 Å². The molecule has 0 saturated carbocycles. The molecule has 1 saturated heterocycles. The van der Waals surface area contributed by atoms with Crippen molar-refractivity contribution in [1.29, 1.82) is 0 Å². The molecule has 3 nitrogen and oxygen atoms in total. The maximum atomic E-state index is 3.50. The van der Waals surface area contributed by atoms with E-state index in [2.05, 4.69) is 47.3 Å². The van der Waals surface area contributed by atoms with Crippen molar-refractivity contribution in [3.8, 4) is 0 Å². The van der Waals surface area contributed by atoms with E-state index in [4.69, 9.17) is 0 Å². The molecule has 3 rings (SSSR count). The molecule has 0 aromatic heterocycles. The molecule has 0 spiro atoms. The Hall–Kier alpha value is -1.22. The molecular formula is C14H21N3. The van der Waals surface area contributed by atoms with Crippen molar-refractivity contribution in [2.24, 2.45) is 0 Å². The van der Waals surface area contributed by atoms with Gasteiger partial charge in [0.05, 0.1) is 17.4 Å². The number of fused-ring (bicyclic) bond motifs is 3. The third kappa shape index (κ3) is 1.78. The Labute approximate surface area is 103 Å². The Morgan fingerprint density at radius 1 is 1.35 bits per heavy atom. The maximum absolute atomic E-state index is 3.50. The average Bonchev–Trinajstić information content (AvgIpc) is 2.38. The minimum absolute atomic E-state index is 0.633. The Morgan fingerprint density at radius 3 is 3.06 bits per heavy atom. The van der Waals surface area contributed by atoms with Gasteiger partial charge in [-0.05, 0) is 24.1 Å². The molecule has 0 aliphatic carbocycles. The first-order chi connectivity index (χ1) is 8.29. The van der Waals surface area contributed by atoms with Crippen LogP contribution in [-0.4, -0.2) is 39.3 Å². The molecule has 1 aromatic rings. The third-order valence-corrected chi connectivity index (χ3v) is 4.00. The van der Waals surface area contributed by atoms with Crippen molar-refractivity contribution in [2.45, 2.75) is 19.4 Å². The van der Waals surface area contributed by atoms with Gasteiger partial charge in [-0.2, -0.15) is 0 Å². The summed E-state index contributed by atoms with van der Waals surface area (Å²) in [7, 11) is 2.20. The summed E-state index contributed by atoms with van der Waals surface area (Å²) < 4.78 is 0. The monoisotopic (exact) mass is 231 g/mol. The fourth-order valence-corrected chi connectivity index (χ4v) is 3.00. The van der Waals surface area contributed by atoms with Crippen molar-refractivity contribution in [2.75, 3.05) is 43.0 Å². The lowest BCUT2D eigenvalue weighted by atomic mass is 10.0. The molecule has 1 unspecified atom stereocenters. The summed E-state index contributed by atoms with van der Waals surface area (Å²) in [4.78, 5) is 4.98. The van der Waals surface area contributed by atoms with E-state index in [1.807, 2.05) is 0 Å². The van der Waals surface area contributed by atoms with Crippen molar-refractivity contribution in [3.63, 3.8) is 0 Å². The zero-order chi connectivity index (χ0) is 11.8. The van der Waals surface area contributed by atoms with E-state index in [0.29, 0.717) is 6.04 Å². The SMILES string of the molecule is CCc1ccc2c(c1)N1CCNCC1CN2C. The van der Waals surface area contributed by atoms with Crippen LogP contribution in [0, 0.1) is 0 Å². The number of benzene rings is 1. The summed E-state index contributed by atoms with van der Waals surface area (Å²) >= 11 is 0. The van der Waals surface area contributed by atoms with Crippen LogP contribution in [-0.2, 0) is 6.42 Å². The van der Waals surface area contributed by atoms with E-state index < -0.39 is 0 Å². The second-order valence-electron chi connectivity index (χ2n) is 5.11. The van der Waals surface area contributed by atoms with Crippen molar-refractivity contribution in [3.05, 3.63) is 23.8 Å². The quantitative estimate of drug-likeness (QED) is 0.790. The van der Waals surface area contributed by atoms with Gasteiger partial charge in [-0.1, -0.05) is 13.0 Å². The van der Waals surface area contributed by atoms with Gasteiger partial charge in [0.2, 0.25) is 0 Å². The van der Waals surface area contributed by atoms with Crippen LogP contribution in [0.2, 0.25) is 0 Å². The highest BCUT2D eigenvalue weighted by Gasteiger charge is 2.30. The van der Waals surface area contributed by atoms with Crippen LogP contribution in [0.5, 0.6) is 0 Å². The Kier molecular flexibility index (Phi) is 2.71. The fourth-order valence-electron chi connectivity index (χ4n) is 3.00. The zero-order valence-electron chi connectivity index (χ0n) is 10.7. The van der Waals surface area contributed by atoms with E-state index in [9.17, 15) is 0 Å². The predicted molar refractivity (Wildman–Crippen MR) is 73.1 cm³/mol. The molecule has 2 aliphatic heterocycles. The lowest BCUT2D eigenvalue weighted by Gasteiger charge is -2.46. The van der Waals surface area contributed by atoms with Crippen LogP contribution >= 0.6 is 0 Å². The van der Waals surface area contributed by atoms with Gasteiger partial charge in [-0.3, -0.25) is 0 Å². The van der Waals surface area contributed by atoms with E-state index in [1.165, 1.54) is 16.9 Å². The first-order valence-corrected chi connectivity index (χ1v) is 6.61. The van der Waals surface area contributed by atoms with Gasteiger partial charge >= 0.3 is 0 Å². The second-order valence-corrected chi connectivity index (χ2v) is 5.11. The number of piperazine rings is 1. The van der Waals surface area contributed by atoms with E-state index in [-0.39, 0.29) is 0 Å². The topological polar surface area (TPSA) is 18.5 Å². The van der Waals surface area contributed by atoms with Gasteiger partial charge in [-0.15, -0.1) is 0 Å². The van der Waals surface area contributed by atoms with Gasteiger partial charge in [0.25, 0.3) is 0 Å². The van der Waals surface area contributed by atoms with Crippen LogP contribution in [0.25, 0.3) is 0 Å². The predicted octanol–water partition coefficient (Wildman–Crippen LogP) is 1.48. The second kappa shape index (κ2) is 4.22. The molecule has 2 heterocycles. The number of likely N-dealkylation sites (N-methyl/N-ethyl adjacent to an activating group) is 1. The molecule has 17 heavy (non-hydrogen) atoms. The molecule has 1 aromatic carbocycles. The number of hydrogen-bond donors (Lipinski definition) is 1. The van der Waals surface area contributed by atoms with Gasteiger partial charge in [0.15, 0.2) is 0 Å². The number of aryl methyl sites for hydroxylation is 1. The smallest absolute Gasteiger partial charge is 0.0610 e. The normalized spacial score (nSPS) is 23.3. The van der Waals surface area contributed by atoms with Crippen LogP contribution in [0.15, 0.2) is 18.2 Å². The number of nitrogens with one attached hydrogen (secondary N) is 1. The van der Waals surface area contributed by atoms with E-state index >= 15 is 0 Å². The molecular weight excluding hydrogens is 210 g/mol. The van der Waals surface area contributed by atoms with Gasteiger partial charge in [0.1, 0.15) is 0 Å². The minimum Gasteiger partial charge on any atom is -0.371 e. The van der Waals surface area contributed by atoms with Crippen LogP contribution in [0.1, 0.15) is 12.5 Å². The minimum atomic E-state index is 0.633. The molecule has 1 fully saturated rings. The van der Waals surface area contributed by atoms with Crippen LogP contribution < -0.4 is 15.1 Å². The summed E-state index contributed by atoms with van der Waals surface area (Å²) in [6, 6.07) is 7.56. The molecule has 1 N–H and O–H groups in total. The summed E-state index contributed by atoms with van der Waals surface area (Å²) in [6.45, 7) is 6.71. The highest BCUT2D eigenvalue weighted by molar-refractivity contribution is 5.75. The van der Waals surface area contributed by atoms with Crippen LogP contribution in [0.3, 0.4) is 0 Å². The van der Waals surface area contributed by atoms with E-state index in [0.717, 1.165) is 32.6 Å². The highest BCUT2D eigenvalue weighted by Crippen LogP contribution is 2.35. The molecule has 1 atom stereocenters. The Balaban J connectivity index is 2.03. The summed E-state index contributed by atoms with van der Waals surface area (Å²) in [6.07, 6.45) is 1.12. The summed E-state index contributed by atoms with van der Waals surface area (Å²) in [5, 5.41) is 3.50. The first kappa shape index (κ1) is 10.9. The number of nitrogens with zero attached hydrogens (tertiary/aromatic N) is 2. The number of rotatable bonds is 1. The number of hydrogen-bond acceptors (Lipinski definition) is 3. The Morgan fingerprint density at radius 2 is 2.24 bits per heavy atom. The van der Waals surface area contributed by atoms with E-state index in [1.54, 1.807) is 0 Å². The molecule has 0 amide bonds. The van der Waals surface area contributed by atoms with Gasteiger partial charge in [0, 0.05) is 33.2 Å². The maximum Gasteiger partial charge on any atom is 0.0610 e. The zero-order valence-corrected chi connectivity index (χ0v) is 10.7. The first-order valence-electron chi connectivity index (χ1n) is 6.61. The average molecular weight is 231 g/mol. The standard InChI is InChI=1S/C14H21N3/c1-3-11-4-5-13-14(8-11)17-7-6-15-9-12(17)10-16(13)2/h4-5,8,12,15H,3,6-7,9-10H2,1-2H3.